The fraction of sp³-hybridized carbons (Fsp3) is 0.417. The van der Waals surface area contributed by atoms with Crippen LogP contribution in [0.1, 0.15) is 22.6 Å². The number of nitrogens with two attached hydrogens (primary N) is 1. The van der Waals surface area contributed by atoms with Crippen molar-refractivity contribution >= 4 is 21.4 Å². The van der Waals surface area contributed by atoms with Gasteiger partial charge in [-0.2, -0.15) is 0 Å². The van der Waals surface area contributed by atoms with E-state index in [1.54, 1.807) is 10.4 Å². The van der Waals surface area contributed by atoms with E-state index in [1.807, 2.05) is 17.5 Å². The second-order valence-electron chi connectivity index (χ2n) is 4.03. The van der Waals surface area contributed by atoms with E-state index in [-0.39, 0.29) is 0 Å². The minimum Gasteiger partial charge on any atom is -0.330 e. The first-order valence-electron chi connectivity index (χ1n) is 5.48. The van der Waals surface area contributed by atoms with Crippen LogP contribution in [0, 0.1) is 0 Å². The van der Waals surface area contributed by atoms with Crippen LogP contribution in [0.5, 0.6) is 0 Å². The van der Waals surface area contributed by atoms with Crippen molar-refractivity contribution in [2.24, 2.45) is 5.73 Å². The maximum absolute atomic E-state index is 5.63. The minimum absolute atomic E-state index is 0.691. The van der Waals surface area contributed by atoms with E-state index in [4.69, 9.17) is 5.73 Å². The third kappa shape index (κ3) is 1.38. The summed E-state index contributed by atoms with van der Waals surface area (Å²) in [6.07, 6.45) is 6.63. The van der Waals surface area contributed by atoms with Crippen LogP contribution >= 0.6 is 11.3 Å². The van der Waals surface area contributed by atoms with Crippen LogP contribution in [0.2, 0.25) is 0 Å². The molecule has 3 heteroatoms. The van der Waals surface area contributed by atoms with E-state index < -0.39 is 0 Å². The molecule has 2 nitrogen and oxygen atoms in total. The van der Waals surface area contributed by atoms with Gasteiger partial charge in [-0.25, -0.2) is 0 Å². The molecule has 0 radical (unpaired) electrons. The van der Waals surface area contributed by atoms with Crippen molar-refractivity contribution in [1.29, 1.82) is 0 Å². The second-order valence-corrected chi connectivity index (χ2v) is 5.16. The SMILES string of the molecule is NCCc1nccc2sc3c(c12)CCC3. The molecule has 2 heterocycles. The maximum atomic E-state index is 5.63. The van der Waals surface area contributed by atoms with Crippen molar-refractivity contribution in [1.82, 2.24) is 4.98 Å². The number of fused-ring (bicyclic) bond motifs is 3. The molecular formula is C12H14N2S. The molecule has 2 aromatic rings. The molecule has 0 aliphatic heterocycles. The summed E-state index contributed by atoms with van der Waals surface area (Å²) < 4.78 is 1.40. The predicted octanol–water partition coefficient (Wildman–Crippen LogP) is 2.29. The highest BCUT2D eigenvalue weighted by molar-refractivity contribution is 7.19. The van der Waals surface area contributed by atoms with Crippen molar-refractivity contribution in [3.05, 3.63) is 28.4 Å². The van der Waals surface area contributed by atoms with Gasteiger partial charge in [-0.3, -0.25) is 4.98 Å². The fourth-order valence-electron chi connectivity index (χ4n) is 2.45. The molecule has 0 amide bonds. The van der Waals surface area contributed by atoms with Crippen molar-refractivity contribution in [3.8, 4) is 0 Å². The number of aryl methyl sites for hydroxylation is 2. The number of hydrogen-bond donors (Lipinski definition) is 1. The summed E-state index contributed by atoms with van der Waals surface area (Å²) in [7, 11) is 0. The van der Waals surface area contributed by atoms with Crippen molar-refractivity contribution in [2.75, 3.05) is 6.54 Å². The third-order valence-corrected chi connectivity index (χ3v) is 4.33. The van der Waals surface area contributed by atoms with E-state index in [9.17, 15) is 0 Å². The molecule has 1 aliphatic carbocycles. The van der Waals surface area contributed by atoms with Crippen LogP contribution in [0.25, 0.3) is 10.1 Å². The zero-order valence-electron chi connectivity index (χ0n) is 8.62. The molecule has 2 aromatic heterocycles. The van der Waals surface area contributed by atoms with Gasteiger partial charge >= 0.3 is 0 Å². The lowest BCUT2D eigenvalue weighted by Crippen LogP contribution is -2.04. The zero-order valence-corrected chi connectivity index (χ0v) is 9.44. The second kappa shape index (κ2) is 3.58. The van der Waals surface area contributed by atoms with Gasteiger partial charge < -0.3 is 5.73 Å². The van der Waals surface area contributed by atoms with Crippen molar-refractivity contribution in [3.63, 3.8) is 0 Å². The molecule has 0 unspecified atom stereocenters. The quantitative estimate of drug-likeness (QED) is 0.840. The zero-order chi connectivity index (χ0) is 10.3. The lowest BCUT2D eigenvalue weighted by molar-refractivity contribution is 0.911. The molecule has 0 spiro atoms. The molecule has 78 valence electrons. The molecule has 0 atom stereocenters. The van der Waals surface area contributed by atoms with Crippen LogP contribution in [0.15, 0.2) is 12.3 Å². The van der Waals surface area contributed by atoms with Gasteiger partial charge in [0.05, 0.1) is 5.69 Å². The van der Waals surface area contributed by atoms with E-state index in [2.05, 4.69) is 11.1 Å². The van der Waals surface area contributed by atoms with Gasteiger partial charge in [0, 0.05) is 27.6 Å². The molecule has 3 rings (SSSR count). The third-order valence-electron chi connectivity index (χ3n) is 3.07. The van der Waals surface area contributed by atoms with E-state index in [1.165, 1.54) is 35.0 Å². The van der Waals surface area contributed by atoms with Gasteiger partial charge in [0.2, 0.25) is 0 Å². The standard InChI is InChI=1S/C12H14N2S/c13-6-4-9-12-8-2-1-3-10(8)15-11(12)5-7-14-9/h5,7H,1-4,6,13H2. The summed E-state index contributed by atoms with van der Waals surface area (Å²) in [6.45, 7) is 0.691. The number of aromatic nitrogens is 1. The number of pyridine rings is 1. The molecule has 1 aliphatic rings. The Balaban J connectivity index is 2.27. The van der Waals surface area contributed by atoms with Gasteiger partial charge in [-0.05, 0) is 37.4 Å². The Kier molecular flexibility index (Phi) is 2.22. The first-order chi connectivity index (χ1) is 7.40. The molecule has 15 heavy (non-hydrogen) atoms. The summed E-state index contributed by atoms with van der Waals surface area (Å²) in [5, 5.41) is 1.42. The van der Waals surface area contributed by atoms with Crippen LogP contribution in [0.4, 0.5) is 0 Å². The highest BCUT2D eigenvalue weighted by Crippen LogP contribution is 2.38. The topological polar surface area (TPSA) is 38.9 Å². The largest absolute Gasteiger partial charge is 0.330 e. The molecule has 0 saturated heterocycles. The normalized spacial score (nSPS) is 14.7. The van der Waals surface area contributed by atoms with Crippen molar-refractivity contribution in [2.45, 2.75) is 25.7 Å². The molecular weight excluding hydrogens is 204 g/mol. The predicted molar refractivity (Wildman–Crippen MR) is 64.4 cm³/mol. The highest BCUT2D eigenvalue weighted by Gasteiger charge is 2.19. The Labute approximate surface area is 93.1 Å². The Hall–Kier alpha value is -0.930. The summed E-state index contributed by atoms with van der Waals surface area (Å²) in [5.41, 5.74) is 8.39. The molecule has 0 saturated carbocycles. The van der Waals surface area contributed by atoms with E-state index >= 15 is 0 Å². The van der Waals surface area contributed by atoms with Crippen LogP contribution < -0.4 is 5.73 Å². The average Bonchev–Trinajstić information content (AvgIpc) is 2.77. The number of rotatable bonds is 2. The Morgan fingerprint density at radius 2 is 2.33 bits per heavy atom. The summed E-state index contributed by atoms with van der Waals surface area (Å²) in [4.78, 5) is 6.05. The number of nitrogens with zero attached hydrogens (tertiary/aromatic N) is 1. The Bertz CT molecular complexity index is 502. The molecule has 0 fully saturated rings. The van der Waals surface area contributed by atoms with Gasteiger partial charge in [0.1, 0.15) is 0 Å². The number of thiophene rings is 1. The maximum Gasteiger partial charge on any atom is 0.0505 e. The Morgan fingerprint density at radius 1 is 1.40 bits per heavy atom. The smallest absolute Gasteiger partial charge is 0.0505 e. The van der Waals surface area contributed by atoms with E-state index in [0.717, 1.165) is 6.42 Å². The van der Waals surface area contributed by atoms with Crippen molar-refractivity contribution < 1.29 is 0 Å². The first kappa shape index (κ1) is 9.31. The van der Waals surface area contributed by atoms with Gasteiger partial charge in [0.25, 0.3) is 0 Å². The summed E-state index contributed by atoms with van der Waals surface area (Å²) in [5.74, 6) is 0. The first-order valence-corrected chi connectivity index (χ1v) is 6.30. The lowest BCUT2D eigenvalue weighted by Gasteiger charge is -2.02. The molecule has 2 N–H and O–H groups in total. The lowest BCUT2D eigenvalue weighted by atomic mass is 10.1. The number of hydrogen-bond acceptors (Lipinski definition) is 3. The van der Waals surface area contributed by atoms with Crippen LogP contribution in [-0.2, 0) is 19.3 Å². The van der Waals surface area contributed by atoms with Gasteiger partial charge in [-0.15, -0.1) is 11.3 Å². The fourth-order valence-corrected chi connectivity index (χ4v) is 3.76. The van der Waals surface area contributed by atoms with E-state index in [0.29, 0.717) is 6.54 Å². The van der Waals surface area contributed by atoms with Gasteiger partial charge in [-0.1, -0.05) is 0 Å². The summed E-state index contributed by atoms with van der Waals surface area (Å²) >= 11 is 1.95. The molecule has 0 bridgehead atoms. The van der Waals surface area contributed by atoms with Crippen LogP contribution in [-0.4, -0.2) is 11.5 Å². The molecule has 0 aromatic carbocycles. The highest BCUT2D eigenvalue weighted by atomic mass is 32.1. The minimum atomic E-state index is 0.691. The average molecular weight is 218 g/mol. The Morgan fingerprint density at radius 3 is 3.20 bits per heavy atom. The monoisotopic (exact) mass is 218 g/mol. The van der Waals surface area contributed by atoms with Gasteiger partial charge in [0.15, 0.2) is 0 Å². The van der Waals surface area contributed by atoms with Crippen LogP contribution in [0.3, 0.4) is 0 Å². The summed E-state index contributed by atoms with van der Waals surface area (Å²) in [6, 6.07) is 2.14.